The first-order valence-electron chi connectivity index (χ1n) is 5.08. The normalized spacial score (nSPS) is 22.4. The zero-order valence-corrected chi connectivity index (χ0v) is 9.48. The summed E-state index contributed by atoms with van der Waals surface area (Å²) in [4.78, 5) is 0. The van der Waals surface area contributed by atoms with Crippen molar-refractivity contribution < 1.29 is 4.21 Å². The van der Waals surface area contributed by atoms with Crippen molar-refractivity contribution in [1.82, 2.24) is 0 Å². The summed E-state index contributed by atoms with van der Waals surface area (Å²) >= 11 is 0. The molecule has 80 valence electrons. The molecule has 1 rings (SSSR count). The second kappa shape index (κ2) is 4.90. The van der Waals surface area contributed by atoms with Gasteiger partial charge in [0, 0.05) is 28.2 Å². The first-order valence-corrected chi connectivity index (χ1v) is 6.46. The molecule has 0 aliphatic heterocycles. The molecule has 0 aromatic rings. The molecule has 2 atom stereocenters. The van der Waals surface area contributed by atoms with Crippen molar-refractivity contribution in [2.24, 2.45) is 11.1 Å². The third kappa shape index (κ3) is 3.07. The van der Waals surface area contributed by atoms with Crippen LogP contribution in [0.5, 0.6) is 0 Å². The lowest BCUT2D eigenvalue weighted by Gasteiger charge is -2.14. The van der Waals surface area contributed by atoms with E-state index in [4.69, 9.17) is 11.0 Å². The fraction of sp³-hybridized carbons (Fsp3) is 0.900. The van der Waals surface area contributed by atoms with Crippen LogP contribution in [0.1, 0.15) is 32.6 Å². The average molecular weight is 214 g/mol. The Labute approximate surface area is 88.1 Å². The Kier molecular flexibility index (Phi) is 4.09. The molecule has 1 saturated carbocycles. The zero-order chi connectivity index (χ0) is 10.6. The highest BCUT2D eigenvalue weighted by Crippen LogP contribution is 2.49. The Hall–Kier alpha value is -0.400. The van der Waals surface area contributed by atoms with Gasteiger partial charge in [-0.05, 0) is 31.2 Å². The Balaban J connectivity index is 2.37. The number of hydrogen-bond donors (Lipinski definition) is 1. The minimum atomic E-state index is -0.804. The Morgan fingerprint density at radius 3 is 2.71 bits per heavy atom. The molecule has 0 aromatic heterocycles. The number of nitrogens with two attached hydrogens (primary N) is 1. The predicted molar refractivity (Wildman–Crippen MR) is 58.0 cm³/mol. The minimum Gasteiger partial charge on any atom is -0.330 e. The molecule has 0 heterocycles. The molecule has 0 amide bonds. The van der Waals surface area contributed by atoms with Crippen molar-refractivity contribution in [3.8, 4) is 6.07 Å². The van der Waals surface area contributed by atoms with Crippen molar-refractivity contribution in [3.63, 3.8) is 0 Å². The van der Waals surface area contributed by atoms with E-state index in [9.17, 15) is 4.21 Å². The van der Waals surface area contributed by atoms with Gasteiger partial charge in [-0.15, -0.1) is 0 Å². The number of nitriles is 1. The maximum atomic E-state index is 11.8. The first-order chi connectivity index (χ1) is 6.63. The van der Waals surface area contributed by atoms with E-state index in [-0.39, 0.29) is 10.7 Å². The van der Waals surface area contributed by atoms with Crippen molar-refractivity contribution in [1.29, 1.82) is 5.26 Å². The smallest absolute Gasteiger partial charge is 0.0627 e. The molecular weight excluding hydrogens is 196 g/mol. The van der Waals surface area contributed by atoms with Crippen LogP contribution < -0.4 is 5.73 Å². The van der Waals surface area contributed by atoms with E-state index in [2.05, 4.69) is 6.07 Å². The van der Waals surface area contributed by atoms with E-state index < -0.39 is 10.8 Å². The van der Waals surface area contributed by atoms with Gasteiger partial charge in [0.2, 0.25) is 0 Å². The Morgan fingerprint density at radius 1 is 1.64 bits per heavy atom. The van der Waals surface area contributed by atoms with Gasteiger partial charge in [0.1, 0.15) is 0 Å². The maximum Gasteiger partial charge on any atom is 0.0627 e. The van der Waals surface area contributed by atoms with Crippen LogP contribution in [0.4, 0.5) is 0 Å². The van der Waals surface area contributed by atoms with Gasteiger partial charge in [-0.2, -0.15) is 5.26 Å². The summed E-state index contributed by atoms with van der Waals surface area (Å²) in [5, 5.41) is 8.80. The third-order valence-electron chi connectivity index (χ3n) is 2.88. The van der Waals surface area contributed by atoms with Crippen LogP contribution in [-0.2, 0) is 10.8 Å². The molecule has 2 N–H and O–H groups in total. The van der Waals surface area contributed by atoms with E-state index in [1.165, 1.54) is 0 Å². The molecule has 0 radical (unpaired) electrons. The number of nitrogens with zero attached hydrogens (tertiary/aromatic N) is 1. The van der Waals surface area contributed by atoms with Crippen LogP contribution in [0, 0.1) is 16.7 Å². The quantitative estimate of drug-likeness (QED) is 0.721. The lowest BCUT2D eigenvalue weighted by molar-refractivity contribution is 0.581. The summed E-state index contributed by atoms with van der Waals surface area (Å²) in [5.74, 6) is 0.696. The summed E-state index contributed by atoms with van der Waals surface area (Å²) < 4.78 is 11.8. The van der Waals surface area contributed by atoms with Gasteiger partial charge in [-0.3, -0.25) is 4.21 Å². The predicted octanol–water partition coefficient (Wildman–Crippen LogP) is 1.17. The summed E-state index contributed by atoms with van der Waals surface area (Å²) in [6.45, 7) is 2.57. The van der Waals surface area contributed by atoms with E-state index in [1.54, 1.807) is 0 Å². The highest BCUT2D eigenvalue weighted by Gasteiger charge is 2.44. The van der Waals surface area contributed by atoms with E-state index in [0.717, 1.165) is 19.3 Å². The molecule has 4 heteroatoms. The minimum absolute atomic E-state index is 0.0997. The topological polar surface area (TPSA) is 66.9 Å². The Bertz CT molecular complexity index is 255. The van der Waals surface area contributed by atoms with E-state index in [0.29, 0.717) is 18.7 Å². The molecule has 1 fully saturated rings. The molecule has 0 saturated heterocycles. The van der Waals surface area contributed by atoms with Crippen molar-refractivity contribution in [2.45, 2.75) is 37.9 Å². The second-order valence-corrected chi connectivity index (χ2v) is 6.10. The number of hydrogen-bond acceptors (Lipinski definition) is 3. The zero-order valence-electron chi connectivity index (χ0n) is 8.66. The van der Waals surface area contributed by atoms with Crippen LogP contribution in [0.2, 0.25) is 0 Å². The number of rotatable bonds is 6. The lowest BCUT2D eigenvalue weighted by atomic mass is 10.1. The van der Waals surface area contributed by atoms with Gasteiger partial charge < -0.3 is 5.73 Å². The van der Waals surface area contributed by atoms with Crippen LogP contribution in [0.3, 0.4) is 0 Å². The van der Waals surface area contributed by atoms with Gasteiger partial charge in [0.25, 0.3) is 0 Å². The third-order valence-corrected chi connectivity index (χ3v) is 4.91. The van der Waals surface area contributed by atoms with Crippen LogP contribution >= 0.6 is 0 Å². The Morgan fingerprint density at radius 2 is 2.29 bits per heavy atom. The standard InChI is InChI=1S/C10H18N2OS/c1-9(2-6-11)14(13)8-10(3-4-10)5-7-12/h9H,2-6,8,11H2,1H3. The lowest BCUT2D eigenvalue weighted by Crippen LogP contribution is -2.22. The van der Waals surface area contributed by atoms with Gasteiger partial charge in [0.15, 0.2) is 0 Å². The van der Waals surface area contributed by atoms with Crippen molar-refractivity contribution in [3.05, 3.63) is 0 Å². The average Bonchev–Trinajstić information content (AvgIpc) is 2.86. The van der Waals surface area contributed by atoms with Gasteiger partial charge in [0.05, 0.1) is 6.07 Å². The van der Waals surface area contributed by atoms with E-state index in [1.807, 2.05) is 6.92 Å². The van der Waals surface area contributed by atoms with Crippen molar-refractivity contribution in [2.75, 3.05) is 12.3 Å². The fourth-order valence-electron chi connectivity index (χ4n) is 1.53. The molecular formula is C10H18N2OS. The van der Waals surface area contributed by atoms with Crippen molar-refractivity contribution >= 4 is 10.8 Å². The molecule has 1 aliphatic rings. The molecule has 3 nitrogen and oxygen atoms in total. The SMILES string of the molecule is CC(CCN)S(=O)CC1(CC#N)CC1. The van der Waals surface area contributed by atoms with Crippen LogP contribution in [0.25, 0.3) is 0 Å². The van der Waals surface area contributed by atoms with Crippen LogP contribution in [-0.4, -0.2) is 21.8 Å². The summed E-state index contributed by atoms with van der Waals surface area (Å²) in [6.07, 6.45) is 3.52. The first kappa shape index (κ1) is 11.7. The monoisotopic (exact) mass is 214 g/mol. The van der Waals surface area contributed by atoms with Gasteiger partial charge in [-0.1, -0.05) is 6.92 Å². The molecule has 0 spiro atoms. The highest BCUT2D eigenvalue weighted by molar-refractivity contribution is 7.85. The van der Waals surface area contributed by atoms with Gasteiger partial charge >= 0.3 is 0 Å². The summed E-state index contributed by atoms with van der Waals surface area (Å²) in [5.41, 5.74) is 5.52. The molecule has 0 bridgehead atoms. The van der Waals surface area contributed by atoms with E-state index >= 15 is 0 Å². The maximum absolute atomic E-state index is 11.8. The molecule has 14 heavy (non-hydrogen) atoms. The van der Waals surface area contributed by atoms with Crippen LogP contribution in [0.15, 0.2) is 0 Å². The molecule has 2 unspecified atom stereocenters. The molecule has 1 aliphatic carbocycles. The highest BCUT2D eigenvalue weighted by atomic mass is 32.2. The largest absolute Gasteiger partial charge is 0.330 e. The van der Waals surface area contributed by atoms with Gasteiger partial charge in [-0.25, -0.2) is 0 Å². The molecule has 0 aromatic carbocycles. The summed E-state index contributed by atoms with van der Waals surface area (Å²) in [7, 11) is -0.804. The second-order valence-electron chi connectivity index (χ2n) is 4.25. The summed E-state index contributed by atoms with van der Waals surface area (Å²) in [6, 6.07) is 2.19. The fourth-order valence-corrected chi connectivity index (χ4v) is 3.20.